The zero-order valence-corrected chi connectivity index (χ0v) is 26.1. The van der Waals surface area contributed by atoms with Gasteiger partial charge in [-0.05, 0) is 68.9 Å². The second-order valence-electron chi connectivity index (χ2n) is 10.9. The van der Waals surface area contributed by atoms with E-state index in [1.807, 2.05) is 54.4 Å². The number of carbonyl (C=O) groups excluding carboxylic acids is 1. The Morgan fingerprint density at radius 3 is 2.14 bits per heavy atom. The molecule has 7 heteroatoms. The predicted molar refractivity (Wildman–Crippen MR) is 171 cm³/mol. The number of allylic oxidation sites excluding steroid dienone is 1. The second-order valence-corrected chi connectivity index (χ2v) is 11.3. The Kier molecular flexibility index (Phi) is 12.3. The smallest absolute Gasteiger partial charge is 0.256 e. The molecule has 1 aliphatic heterocycles. The molecule has 1 aliphatic rings. The van der Waals surface area contributed by atoms with E-state index in [1.165, 1.54) is 16.7 Å². The zero-order valence-electron chi connectivity index (χ0n) is 25.3. The molecule has 4 aromatic rings. The van der Waals surface area contributed by atoms with E-state index < -0.39 is 6.43 Å². The highest BCUT2D eigenvalue weighted by molar-refractivity contribution is 6.30. The number of likely N-dealkylation sites (tertiary alicyclic amines) is 1. The maximum atomic E-state index is 13.3. The number of amides is 1. The van der Waals surface area contributed by atoms with Gasteiger partial charge < -0.3 is 4.90 Å². The van der Waals surface area contributed by atoms with E-state index in [4.69, 9.17) is 16.7 Å². The summed E-state index contributed by atoms with van der Waals surface area (Å²) >= 11 is 6.17. The molecule has 2 heterocycles. The van der Waals surface area contributed by atoms with E-state index in [0.717, 1.165) is 48.1 Å². The molecule has 0 bridgehead atoms. The van der Waals surface area contributed by atoms with Crippen LogP contribution in [0.15, 0.2) is 78.9 Å². The molecular formula is C35H42ClF2N3O. The predicted octanol–water partition coefficient (Wildman–Crippen LogP) is 9.68. The molecule has 0 unspecified atom stereocenters. The lowest BCUT2D eigenvalue weighted by Gasteiger charge is -2.32. The lowest BCUT2D eigenvalue weighted by molar-refractivity contribution is 0.0703. The number of para-hydroxylation sites is 1. The zero-order chi connectivity index (χ0) is 30.8. The molecule has 0 atom stereocenters. The summed E-state index contributed by atoms with van der Waals surface area (Å²) in [4.78, 5) is 15.2. The quantitative estimate of drug-likeness (QED) is 0.216. The minimum Gasteiger partial charge on any atom is -0.339 e. The van der Waals surface area contributed by atoms with Crippen LogP contribution in [0.4, 0.5) is 8.78 Å². The van der Waals surface area contributed by atoms with Crippen molar-refractivity contribution in [1.82, 2.24) is 14.7 Å². The van der Waals surface area contributed by atoms with Gasteiger partial charge in [0, 0.05) is 42.5 Å². The summed E-state index contributed by atoms with van der Waals surface area (Å²) in [5.74, 6) is 0.595. The summed E-state index contributed by atoms with van der Waals surface area (Å²) in [6.07, 6.45) is 0.486. The van der Waals surface area contributed by atoms with E-state index in [0.29, 0.717) is 22.9 Å². The lowest BCUT2D eigenvalue weighted by atomic mass is 9.90. The molecule has 0 saturated carbocycles. The Labute approximate surface area is 254 Å². The highest BCUT2D eigenvalue weighted by Gasteiger charge is 2.26. The molecule has 0 radical (unpaired) electrons. The Morgan fingerprint density at radius 2 is 1.64 bits per heavy atom. The van der Waals surface area contributed by atoms with Gasteiger partial charge in [-0.15, -0.1) is 0 Å². The van der Waals surface area contributed by atoms with Crippen molar-refractivity contribution in [1.29, 1.82) is 0 Å². The van der Waals surface area contributed by atoms with Crippen LogP contribution in [0.2, 0.25) is 5.02 Å². The van der Waals surface area contributed by atoms with E-state index in [1.54, 1.807) is 11.6 Å². The summed E-state index contributed by atoms with van der Waals surface area (Å²) in [5, 5.41) is 6.34. The van der Waals surface area contributed by atoms with Crippen molar-refractivity contribution in [2.45, 2.75) is 59.8 Å². The summed E-state index contributed by atoms with van der Waals surface area (Å²) in [6, 6.07) is 21.9. The van der Waals surface area contributed by atoms with Crippen LogP contribution in [0.5, 0.6) is 0 Å². The number of alkyl halides is 2. The van der Waals surface area contributed by atoms with Crippen LogP contribution in [0.25, 0.3) is 22.2 Å². The molecule has 0 N–H and O–H groups in total. The molecule has 1 aromatic heterocycles. The number of fused-ring (bicyclic) bond motifs is 1. The fourth-order valence-corrected chi connectivity index (χ4v) is 5.18. The third-order valence-electron chi connectivity index (χ3n) is 7.60. The summed E-state index contributed by atoms with van der Waals surface area (Å²) < 4.78 is 23.9. The van der Waals surface area contributed by atoms with Crippen LogP contribution in [0.3, 0.4) is 0 Å². The van der Waals surface area contributed by atoms with Crippen molar-refractivity contribution in [2.75, 3.05) is 13.1 Å². The number of halogens is 3. The van der Waals surface area contributed by atoms with Gasteiger partial charge in [0.25, 0.3) is 5.91 Å². The fourth-order valence-electron chi connectivity index (χ4n) is 4.99. The van der Waals surface area contributed by atoms with Gasteiger partial charge in [0.15, 0.2) is 0 Å². The van der Waals surface area contributed by atoms with Crippen LogP contribution >= 0.6 is 11.6 Å². The number of aryl methyl sites for hydroxylation is 3. The number of hydrogen-bond donors (Lipinski definition) is 0. The molecule has 3 aromatic carbocycles. The maximum absolute atomic E-state index is 13.3. The number of aromatic nitrogens is 2. The Bertz CT molecular complexity index is 1470. The van der Waals surface area contributed by atoms with Crippen LogP contribution in [0, 0.1) is 19.8 Å². The highest BCUT2D eigenvalue weighted by Crippen LogP contribution is 2.32. The van der Waals surface area contributed by atoms with Crippen molar-refractivity contribution >= 4 is 28.4 Å². The first kappa shape index (κ1) is 33.0. The normalized spacial score (nSPS) is 13.3. The standard InChI is InChI=1S/C23H24ClN3O.C8H10.C4H8F2/c1-15(2)16-10-12-27(13-11-16)23(28)20-9-5-8-19-21(25-26(3)22(19)20)17-6-4-7-18(24)14-17;1-7-5-3-4-6-8(7)2;1-2-3-4(5)6/h4-9,14,16H,1,10-13H2,2-3H3;3-6H,1-2H3;4H,2-3H2,1H3. The van der Waals surface area contributed by atoms with Gasteiger partial charge in [-0.3, -0.25) is 9.48 Å². The first-order valence-corrected chi connectivity index (χ1v) is 14.9. The van der Waals surface area contributed by atoms with Crippen LogP contribution < -0.4 is 0 Å². The third kappa shape index (κ3) is 8.75. The van der Waals surface area contributed by atoms with Gasteiger partial charge in [-0.25, -0.2) is 8.78 Å². The second kappa shape index (κ2) is 15.6. The van der Waals surface area contributed by atoms with Crippen LogP contribution in [-0.4, -0.2) is 40.1 Å². The first-order chi connectivity index (χ1) is 20.0. The largest absolute Gasteiger partial charge is 0.339 e. The van der Waals surface area contributed by atoms with Crippen molar-refractivity contribution in [2.24, 2.45) is 13.0 Å². The van der Waals surface area contributed by atoms with E-state index in [9.17, 15) is 13.6 Å². The Hall–Kier alpha value is -3.51. The molecule has 1 amide bonds. The van der Waals surface area contributed by atoms with E-state index in [2.05, 4.69) is 51.6 Å². The third-order valence-corrected chi connectivity index (χ3v) is 7.84. The highest BCUT2D eigenvalue weighted by atomic mass is 35.5. The van der Waals surface area contributed by atoms with Gasteiger partial charge in [0.05, 0.1) is 11.1 Å². The minimum atomic E-state index is -2.10. The van der Waals surface area contributed by atoms with Gasteiger partial charge in [0.1, 0.15) is 5.69 Å². The average Bonchev–Trinajstić information content (AvgIpc) is 3.31. The van der Waals surface area contributed by atoms with E-state index in [-0.39, 0.29) is 12.3 Å². The number of nitrogens with zero attached hydrogens (tertiary/aromatic N) is 3. The lowest BCUT2D eigenvalue weighted by Crippen LogP contribution is -2.38. The van der Waals surface area contributed by atoms with Crippen LogP contribution in [-0.2, 0) is 7.05 Å². The number of hydrogen-bond acceptors (Lipinski definition) is 2. The van der Waals surface area contributed by atoms with Crippen LogP contribution in [0.1, 0.15) is 61.0 Å². The Morgan fingerprint density at radius 1 is 1.02 bits per heavy atom. The molecule has 5 rings (SSSR count). The van der Waals surface area contributed by atoms with Crippen molar-refractivity contribution in [3.05, 3.63) is 101 Å². The molecule has 1 saturated heterocycles. The molecule has 0 aliphatic carbocycles. The number of carbonyl (C=O) groups is 1. The van der Waals surface area contributed by atoms with Crippen molar-refractivity contribution in [3.8, 4) is 11.3 Å². The molecular weight excluding hydrogens is 552 g/mol. The van der Waals surface area contributed by atoms with Crippen molar-refractivity contribution < 1.29 is 13.6 Å². The van der Waals surface area contributed by atoms with E-state index >= 15 is 0 Å². The number of piperidine rings is 1. The molecule has 42 heavy (non-hydrogen) atoms. The Balaban J connectivity index is 0.000000285. The minimum absolute atomic E-state index is 0.0417. The SMILES string of the molecule is C=C(C)C1CCN(C(=O)c2cccc3c(-c4cccc(Cl)c4)nn(C)c23)CC1.CCCC(F)F.Cc1ccccc1C. The summed E-state index contributed by atoms with van der Waals surface area (Å²) in [7, 11) is 1.89. The molecule has 224 valence electrons. The topological polar surface area (TPSA) is 38.1 Å². The van der Waals surface area contributed by atoms with Gasteiger partial charge in [0.2, 0.25) is 6.43 Å². The van der Waals surface area contributed by atoms with Gasteiger partial charge in [-0.1, -0.05) is 85.6 Å². The van der Waals surface area contributed by atoms with Crippen molar-refractivity contribution in [3.63, 3.8) is 0 Å². The monoisotopic (exact) mass is 593 g/mol. The molecule has 4 nitrogen and oxygen atoms in total. The number of benzene rings is 3. The first-order valence-electron chi connectivity index (χ1n) is 14.5. The fraction of sp³-hybridized carbons (Fsp3) is 0.371. The maximum Gasteiger partial charge on any atom is 0.256 e. The average molecular weight is 594 g/mol. The molecule has 0 spiro atoms. The van der Waals surface area contributed by atoms with Gasteiger partial charge in [-0.2, -0.15) is 5.10 Å². The summed E-state index contributed by atoms with van der Waals surface area (Å²) in [6.45, 7) is 13.7. The molecule has 1 fully saturated rings. The summed E-state index contributed by atoms with van der Waals surface area (Å²) in [5.41, 5.74) is 7.31. The number of rotatable bonds is 5. The van der Waals surface area contributed by atoms with Gasteiger partial charge >= 0.3 is 0 Å².